The van der Waals surface area contributed by atoms with E-state index in [-0.39, 0.29) is 5.56 Å². The maximum absolute atomic E-state index is 12.8. The number of morpholine rings is 1. The summed E-state index contributed by atoms with van der Waals surface area (Å²) in [6.45, 7) is 8.47. The van der Waals surface area contributed by atoms with Crippen LogP contribution in [0.15, 0.2) is 41.5 Å². The molecule has 7 heteroatoms. The predicted octanol–water partition coefficient (Wildman–Crippen LogP) is 3.76. The summed E-state index contributed by atoms with van der Waals surface area (Å²) < 4.78 is 7.11. The first-order valence-corrected chi connectivity index (χ1v) is 10.2. The van der Waals surface area contributed by atoms with Gasteiger partial charge in [-0.1, -0.05) is 23.8 Å². The van der Waals surface area contributed by atoms with Crippen molar-refractivity contribution in [3.05, 3.63) is 63.3 Å². The van der Waals surface area contributed by atoms with E-state index in [1.807, 2.05) is 50.5 Å². The summed E-state index contributed by atoms with van der Waals surface area (Å²) in [5.41, 5.74) is 4.16. The van der Waals surface area contributed by atoms with Crippen molar-refractivity contribution in [2.24, 2.45) is 0 Å². The molecular weight excluding hydrogens is 388 g/mol. The van der Waals surface area contributed by atoms with Crippen molar-refractivity contribution in [2.75, 3.05) is 26.3 Å². The van der Waals surface area contributed by atoms with E-state index in [2.05, 4.69) is 9.88 Å². The number of ether oxygens (including phenoxy) is 1. The molecule has 4 rings (SSSR count). The zero-order valence-electron chi connectivity index (χ0n) is 16.7. The van der Waals surface area contributed by atoms with Crippen molar-refractivity contribution in [1.29, 1.82) is 0 Å². The summed E-state index contributed by atoms with van der Waals surface area (Å²) in [4.78, 5) is 23.0. The molecule has 0 aromatic carbocycles. The van der Waals surface area contributed by atoms with Crippen molar-refractivity contribution in [2.45, 2.75) is 26.9 Å². The van der Waals surface area contributed by atoms with E-state index in [1.54, 1.807) is 4.57 Å². The number of fused-ring (bicyclic) bond motifs is 1. The topological polar surface area (TPSA) is 63.1 Å². The highest BCUT2D eigenvalue weighted by Gasteiger charge is 2.16. The van der Waals surface area contributed by atoms with Crippen molar-refractivity contribution in [3.63, 3.8) is 0 Å². The molecule has 0 unspecified atom stereocenters. The van der Waals surface area contributed by atoms with Gasteiger partial charge >= 0.3 is 0 Å². The number of aromatic nitrogens is 3. The van der Waals surface area contributed by atoms with Crippen LogP contribution in [0.4, 0.5) is 0 Å². The lowest BCUT2D eigenvalue weighted by Gasteiger charge is -2.26. The quantitative estimate of drug-likeness (QED) is 0.648. The summed E-state index contributed by atoms with van der Waals surface area (Å²) >= 11 is 6.62. The van der Waals surface area contributed by atoms with Gasteiger partial charge in [-0.15, -0.1) is 0 Å². The number of H-pyrrole nitrogens is 1. The van der Waals surface area contributed by atoms with Gasteiger partial charge in [0.15, 0.2) is 0 Å². The Bertz CT molecular complexity index is 1110. The highest BCUT2D eigenvalue weighted by Crippen LogP contribution is 2.29. The van der Waals surface area contributed by atoms with Gasteiger partial charge in [-0.2, -0.15) is 0 Å². The van der Waals surface area contributed by atoms with Gasteiger partial charge in [-0.25, -0.2) is 0 Å². The lowest BCUT2D eigenvalue weighted by atomic mass is 10.1. The smallest absolute Gasteiger partial charge is 0.275 e. The average Bonchev–Trinajstić information content (AvgIpc) is 3.12. The Hall–Kier alpha value is -2.41. The Morgan fingerprint density at radius 2 is 2.10 bits per heavy atom. The molecule has 29 heavy (non-hydrogen) atoms. The number of aromatic amines is 1. The first kappa shape index (κ1) is 19.9. The maximum Gasteiger partial charge on any atom is 0.275 e. The molecule has 0 amide bonds. The molecule has 0 radical (unpaired) electrons. The molecule has 4 heterocycles. The third kappa shape index (κ3) is 4.15. The molecule has 0 atom stereocenters. The second-order valence-corrected chi connectivity index (χ2v) is 7.77. The first-order valence-electron chi connectivity index (χ1n) is 9.85. The van der Waals surface area contributed by atoms with Crippen LogP contribution in [0, 0.1) is 6.92 Å². The maximum atomic E-state index is 12.8. The van der Waals surface area contributed by atoms with Crippen molar-refractivity contribution in [1.82, 2.24) is 19.4 Å². The zero-order chi connectivity index (χ0) is 20.4. The van der Waals surface area contributed by atoms with Crippen LogP contribution in [0.3, 0.4) is 0 Å². The Morgan fingerprint density at radius 3 is 2.83 bits per heavy atom. The van der Waals surface area contributed by atoms with Gasteiger partial charge in [-0.05, 0) is 26.0 Å². The molecule has 0 aliphatic carbocycles. The number of hydrogen-bond donors (Lipinski definition) is 1. The molecular formula is C22H25ClN4O2. The molecule has 0 spiro atoms. The summed E-state index contributed by atoms with van der Waals surface area (Å²) in [5, 5.41) is 1.56. The Kier molecular flexibility index (Phi) is 5.85. The van der Waals surface area contributed by atoms with E-state index in [0.717, 1.165) is 60.7 Å². The number of hydrogen-bond acceptors (Lipinski definition) is 4. The summed E-state index contributed by atoms with van der Waals surface area (Å²) in [7, 11) is 0. The average molecular weight is 413 g/mol. The fourth-order valence-electron chi connectivity index (χ4n) is 3.68. The molecule has 152 valence electrons. The molecule has 0 saturated carbocycles. The van der Waals surface area contributed by atoms with Gasteiger partial charge < -0.3 is 14.3 Å². The summed E-state index contributed by atoms with van der Waals surface area (Å²) in [5.74, 6) is 0. The largest absolute Gasteiger partial charge is 0.379 e. The van der Waals surface area contributed by atoms with Gasteiger partial charge in [0.25, 0.3) is 5.56 Å². The third-order valence-corrected chi connectivity index (χ3v) is 5.60. The van der Waals surface area contributed by atoms with Gasteiger partial charge in [0.05, 0.1) is 18.9 Å². The van der Waals surface area contributed by atoms with Crippen LogP contribution in [-0.4, -0.2) is 45.7 Å². The Morgan fingerprint density at radius 1 is 1.31 bits per heavy atom. The normalized spacial score (nSPS) is 15.6. The van der Waals surface area contributed by atoms with Gasteiger partial charge in [0.2, 0.25) is 0 Å². The minimum absolute atomic E-state index is 0.0371. The lowest BCUT2D eigenvalue weighted by molar-refractivity contribution is 0.0341. The number of pyridine rings is 2. The Balaban J connectivity index is 1.74. The number of nitrogens with one attached hydrogen (secondary N) is 1. The number of halogens is 1. The van der Waals surface area contributed by atoms with Crippen LogP contribution in [0.1, 0.15) is 18.2 Å². The van der Waals surface area contributed by atoms with Crippen LogP contribution in [0.25, 0.3) is 22.2 Å². The number of nitrogens with zero attached hydrogens (tertiary/aromatic N) is 3. The second kappa shape index (κ2) is 8.53. The molecule has 1 N–H and O–H groups in total. The first-order chi connectivity index (χ1) is 14.1. The molecule has 6 nitrogen and oxygen atoms in total. The van der Waals surface area contributed by atoms with Crippen molar-refractivity contribution < 1.29 is 4.74 Å². The van der Waals surface area contributed by atoms with Crippen LogP contribution in [0.5, 0.6) is 0 Å². The number of allylic oxidation sites excluding steroid dienone is 2. The summed E-state index contributed by atoms with van der Waals surface area (Å²) in [6, 6.07) is 3.89. The standard InChI is InChI=1S/C22H25ClN4O2/c1-3-4-5-27-14-18(17-10-15(2)25-21(17)22(27)28)20-11-19(23)16(12-24-20)13-26-6-8-29-9-7-26/h3-4,10-12,14,25H,5-9,13H2,1-2H3/b4-3+. The monoisotopic (exact) mass is 412 g/mol. The fraction of sp³-hybridized carbons (Fsp3) is 0.364. The molecule has 1 fully saturated rings. The summed E-state index contributed by atoms with van der Waals surface area (Å²) in [6.07, 6.45) is 7.61. The fourth-order valence-corrected chi connectivity index (χ4v) is 3.89. The van der Waals surface area contributed by atoms with E-state index < -0.39 is 0 Å². The van der Waals surface area contributed by atoms with Crippen LogP contribution in [-0.2, 0) is 17.8 Å². The minimum Gasteiger partial charge on any atom is -0.379 e. The SMILES string of the molecule is C/C=C/Cn1cc(-c2cc(Cl)c(CN3CCOCC3)cn2)c2cc(C)[nH]c2c1=O. The molecule has 3 aromatic rings. The van der Waals surface area contributed by atoms with Crippen LogP contribution in [0.2, 0.25) is 5.02 Å². The second-order valence-electron chi connectivity index (χ2n) is 7.36. The zero-order valence-corrected chi connectivity index (χ0v) is 17.5. The highest BCUT2D eigenvalue weighted by atomic mass is 35.5. The highest BCUT2D eigenvalue weighted by molar-refractivity contribution is 6.31. The van der Waals surface area contributed by atoms with Gasteiger partial charge in [0, 0.05) is 65.8 Å². The lowest BCUT2D eigenvalue weighted by Crippen LogP contribution is -2.35. The number of aryl methyl sites for hydroxylation is 1. The number of rotatable bonds is 5. The van der Waals surface area contributed by atoms with Gasteiger partial charge in [0.1, 0.15) is 5.52 Å². The third-order valence-electron chi connectivity index (χ3n) is 5.24. The van der Waals surface area contributed by atoms with Crippen LogP contribution >= 0.6 is 11.6 Å². The van der Waals surface area contributed by atoms with E-state index in [9.17, 15) is 4.79 Å². The van der Waals surface area contributed by atoms with Crippen LogP contribution < -0.4 is 5.56 Å². The Labute approximate surface area is 174 Å². The molecule has 0 bridgehead atoms. The van der Waals surface area contributed by atoms with Gasteiger partial charge in [-0.3, -0.25) is 14.7 Å². The molecule has 1 saturated heterocycles. The predicted molar refractivity (Wildman–Crippen MR) is 116 cm³/mol. The van der Waals surface area contributed by atoms with E-state index in [0.29, 0.717) is 17.1 Å². The van der Waals surface area contributed by atoms with Crippen molar-refractivity contribution >= 4 is 22.5 Å². The molecule has 1 aliphatic rings. The molecule has 3 aromatic heterocycles. The van der Waals surface area contributed by atoms with E-state index in [1.165, 1.54) is 0 Å². The minimum atomic E-state index is -0.0371. The van der Waals surface area contributed by atoms with E-state index >= 15 is 0 Å². The van der Waals surface area contributed by atoms with E-state index in [4.69, 9.17) is 21.3 Å². The molecule has 1 aliphatic heterocycles. The van der Waals surface area contributed by atoms with Crippen molar-refractivity contribution in [3.8, 4) is 11.3 Å².